The average molecular weight is 253 g/mol. The number of hydrogen-bond acceptors (Lipinski definition) is 2. The van der Waals surface area contributed by atoms with Crippen molar-refractivity contribution in [3.63, 3.8) is 0 Å². The molecule has 0 spiro atoms. The van der Waals surface area contributed by atoms with Gasteiger partial charge in [0.25, 0.3) is 0 Å². The van der Waals surface area contributed by atoms with Gasteiger partial charge in [-0.2, -0.15) is 0 Å². The summed E-state index contributed by atoms with van der Waals surface area (Å²) in [6.45, 7) is 2.53. The largest absolute Gasteiger partial charge is 0.270 e. The van der Waals surface area contributed by atoms with Crippen molar-refractivity contribution >= 4 is 15.7 Å². The molecule has 1 aliphatic rings. The summed E-state index contributed by atoms with van der Waals surface area (Å²) in [6.07, 6.45) is 3.65. The van der Waals surface area contributed by atoms with Crippen LogP contribution in [0.4, 0.5) is 5.69 Å². The van der Waals surface area contributed by atoms with Gasteiger partial charge in [-0.3, -0.25) is 4.31 Å². The zero-order chi connectivity index (χ0) is 12.3. The number of hydrogen-bond donors (Lipinski definition) is 0. The number of anilines is 1. The minimum absolute atomic E-state index is 0.237. The summed E-state index contributed by atoms with van der Waals surface area (Å²) in [4.78, 5) is 0. The number of fused-ring (bicyclic) bond motifs is 1. The third-order valence-electron chi connectivity index (χ3n) is 3.12. The lowest BCUT2D eigenvalue weighted by Crippen LogP contribution is -2.33. The molecule has 0 amide bonds. The molecular weight excluding hydrogens is 234 g/mol. The highest BCUT2D eigenvalue weighted by Gasteiger charge is 2.24. The lowest BCUT2D eigenvalue weighted by molar-refractivity contribution is 0.588. The quantitative estimate of drug-likeness (QED) is 0.830. The maximum Gasteiger partial charge on any atom is 0.235 e. The van der Waals surface area contributed by atoms with Crippen LogP contribution < -0.4 is 4.31 Å². The Kier molecular flexibility index (Phi) is 3.72. The Labute approximate surface area is 104 Å². The number of nitrogens with zero attached hydrogens (tertiary/aromatic N) is 1. The predicted octanol–water partition coefficient (Wildman–Crippen LogP) is 2.57. The van der Waals surface area contributed by atoms with E-state index in [0.29, 0.717) is 13.0 Å². The molecule has 1 aromatic rings. The van der Waals surface area contributed by atoms with Crippen LogP contribution in [0.5, 0.6) is 0 Å². The van der Waals surface area contributed by atoms with Crippen LogP contribution in [0.3, 0.4) is 0 Å². The molecule has 17 heavy (non-hydrogen) atoms. The number of rotatable bonds is 3. The minimum atomic E-state index is -3.14. The number of benzene rings is 1. The molecule has 0 fully saturated rings. The SMILES string of the molecule is CCCS(=O)(=O)N1CCCCc2ccccc21. The summed E-state index contributed by atoms with van der Waals surface area (Å²) in [5.41, 5.74) is 2.04. The van der Waals surface area contributed by atoms with Crippen LogP contribution in [0, 0.1) is 0 Å². The van der Waals surface area contributed by atoms with E-state index in [1.54, 1.807) is 4.31 Å². The summed E-state index contributed by atoms with van der Waals surface area (Å²) >= 11 is 0. The van der Waals surface area contributed by atoms with E-state index in [1.165, 1.54) is 0 Å². The van der Waals surface area contributed by atoms with E-state index in [-0.39, 0.29) is 5.75 Å². The van der Waals surface area contributed by atoms with E-state index >= 15 is 0 Å². The van der Waals surface area contributed by atoms with Crippen molar-refractivity contribution in [1.29, 1.82) is 0 Å². The van der Waals surface area contributed by atoms with E-state index in [1.807, 2.05) is 31.2 Å². The average Bonchev–Trinajstić information content (AvgIpc) is 2.51. The molecule has 0 radical (unpaired) electrons. The van der Waals surface area contributed by atoms with Gasteiger partial charge in [-0.25, -0.2) is 8.42 Å². The van der Waals surface area contributed by atoms with Crippen LogP contribution >= 0.6 is 0 Å². The van der Waals surface area contributed by atoms with Crippen molar-refractivity contribution in [2.24, 2.45) is 0 Å². The van der Waals surface area contributed by atoms with Crippen molar-refractivity contribution in [1.82, 2.24) is 0 Å². The first-order valence-electron chi connectivity index (χ1n) is 6.23. The Hall–Kier alpha value is -1.03. The van der Waals surface area contributed by atoms with Gasteiger partial charge in [0.15, 0.2) is 0 Å². The molecule has 1 aromatic carbocycles. The van der Waals surface area contributed by atoms with E-state index < -0.39 is 10.0 Å². The van der Waals surface area contributed by atoms with E-state index in [2.05, 4.69) is 0 Å². The van der Waals surface area contributed by atoms with Gasteiger partial charge in [0.1, 0.15) is 0 Å². The predicted molar refractivity (Wildman–Crippen MR) is 70.8 cm³/mol. The van der Waals surface area contributed by atoms with Gasteiger partial charge in [-0.15, -0.1) is 0 Å². The van der Waals surface area contributed by atoms with Crippen LogP contribution in [0.25, 0.3) is 0 Å². The normalized spacial score (nSPS) is 16.4. The highest BCUT2D eigenvalue weighted by Crippen LogP contribution is 2.28. The van der Waals surface area contributed by atoms with Crippen molar-refractivity contribution in [3.8, 4) is 0 Å². The molecule has 1 aliphatic heterocycles. The molecule has 0 saturated heterocycles. The van der Waals surface area contributed by atoms with E-state index in [0.717, 1.165) is 30.5 Å². The zero-order valence-electron chi connectivity index (χ0n) is 10.2. The number of sulfonamides is 1. The zero-order valence-corrected chi connectivity index (χ0v) is 11.0. The molecule has 0 bridgehead atoms. The lowest BCUT2D eigenvalue weighted by atomic mass is 10.1. The summed E-state index contributed by atoms with van der Waals surface area (Å²) in [5, 5.41) is 0. The van der Waals surface area contributed by atoms with Crippen LogP contribution in [0.1, 0.15) is 31.7 Å². The maximum atomic E-state index is 12.2. The molecule has 4 heteroatoms. The smallest absolute Gasteiger partial charge is 0.235 e. The summed E-state index contributed by atoms with van der Waals surface area (Å²) in [7, 11) is -3.14. The fraction of sp³-hybridized carbons (Fsp3) is 0.538. The monoisotopic (exact) mass is 253 g/mol. The molecule has 0 unspecified atom stereocenters. The fourth-order valence-electron chi connectivity index (χ4n) is 2.31. The first-order valence-corrected chi connectivity index (χ1v) is 7.84. The summed E-state index contributed by atoms with van der Waals surface area (Å²) in [5.74, 6) is 0.237. The molecule has 0 aliphatic carbocycles. The Morgan fingerprint density at radius 1 is 1.24 bits per heavy atom. The first-order chi connectivity index (χ1) is 8.15. The van der Waals surface area contributed by atoms with Gasteiger partial charge in [0.2, 0.25) is 10.0 Å². The van der Waals surface area contributed by atoms with Gasteiger partial charge < -0.3 is 0 Å². The van der Waals surface area contributed by atoms with E-state index in [4.69, 9.17) is 0 Å². The topological polar surface area (TPSA) is 37.4 Å². The summed E-state index contributed by atoms with van der Waals surface area (Å²) < 4.78 is 26.1. The molecule has 0 saturated carbocycles. The van der Waals surface area contributed by atoms with Crippen LogP contribution in [0.2, 0.25) is 0 Å². The second kappa shape index (κ2) is 5.08. The van der Waals surface area contributed by atoms with Gasteiger partial charge in [0, 0.05) is 6.54 Å². The highest BCUT2D eigenvalue weighted by atomic mass is 32.2. The second-order valence-corrected chi connectivity index (χ2v) is 6.49. The minimum Gasteiger partial charge on any atom is -0.270 e. The highest BCUT2D eigenvalue weighted by molar-refractivity contribution is 7.92. The Morgan fingerprint density at radius 3 is 2.76 bits per heavy atom. The standard InChI is InChI=1S/C13H19NO2S/c1-2-11-17(15,16)14-10-6-5-8-12-7-3-4-9-13(12)14/h3-4,7,9H,2,5-6,8,10-11H2,1H3. The molecule has 1 heterocycles. The molecular formula is C13H19NO2S. The molecule has 94 valence electrons. The van der Waals surface area contributed by atoms with Crippen LogP contribution in [-0.2, 0) is 16.4 Å². The van der Waals surface area contributed by atoms with Crippen molar-refractivity contribution in [3.05, 3.63) is 29.8 Å². The van der Waals surface area contributed by atoms with Crippen LogP contribution in [0.15, 0.2) is 24.3 Å². The third-order valence-corrected chi connectivity index (χ3v) is 5.09. The van der Waals surface area contributed by atoms with Crippen molar-refractivity contribution in [2.75, 3.05) is 16.6 Å². The van der Waals surface area contributed by atoms with E-state index in [9.17, 15) is 8.42 Å². The number of aryl methyl sites for hydroxylation is 1. The molecule has 3 nitrogen and oxygen atoms in total. The third kappa shape index (κ3) is 2.63. The van der Waals surface area contributed by atoms with Gasteiger partial charge >= 0.3 is 0 Å². The van der Waals surface area contributed by atoms with Crippen molar-refractivity contribution in [2.45, 2.75) is 32.6 Å². The second-order valence-electron chi connectivity index (χ2n) is 4.47. The maximum absolute atomic E-state index is 12.2. The fourth-order valence-corrected chi connectivity index (χ4v) is 3.94. The molecule has 2 rings (SSSR count). The van der Waals surface area contributed by atoms with Gasteiger partial charge in [0.05, 0.1) is 11.4 Å². The van der Waals surface area contributed by atoms with Crippen molar-refractivity contribution < 1.29 is 8.42 Å². The number of para-hydroxylation sites is 1. The lowest BCUT2D eigenvalue weighted by Gasteiger charge is -2.24. The van der Waals surface area contributed by atoms with Crippen LogP contribution in [-0.4, -0.2) is 20.7 Å². The molecule has 0 atom stereocenters. The van der Waals surface area contributed by atoms with Gasteiger partial charge in [-0.1, -0.05) is 25.1 Å². The summed E-state index contributed by atoms with van der Waals surface area (Å²) in [6, 6.07) is 7.86. The van der Waals surface area contributed by atoms with Gasteiger partial charge in [-0.05, 0) is 37.3 Å². The first kappa shape index (κ1) is 12.4. The Bertz CT molecular complexity index is 482. The molecule has 0 aromatic heterocycles. The Morgan fingerprint density at radius 2 is 2.00 bits per heavy atom. The molecule has 0 N–H and O–H groups in total. The Balaban J connectivity index is 2.41.